The molecule has 0 saturated heterocycles. The van der Waals surface area contributed by atoms with Gasteiger partial charge in [0.25, 0.3) is 0 Å². The molecule has 16 heavy (non-hydrogen) atoms. The van der Waals surface area contributed by atoms with Crippen LogP contribution in [0.4, 0.5) is 0 Å². The summed E-state index contributed by atoms with van der Waals surface area (Å²) in [5.41, 5.74) is 5.74. The van der Waals surface area contributed by atoms with Crippen molar-refractivity contribution in [2.45, 2.75) is 13.2 Å². The van der Waals surface area contributed by atoms with Gasteiger partial charge in [-0.2, -0.15) is 0 Å². The molecule has 0 radical (unpaired) electrons. The van der Waals surface area contributed by atoms with E-state index in [9.17, 15) is 0 Å². The molecule has 0 saturated carbocycles. The van der Waals surface area contributed by atoms with Crippen molar-refractivity contribution in [3.05, 3.63) is 59.9 Å². The monoisotopic (exact) mass is 216 g/mol. The van der Waals surface area contributed by atoms with Crippen LogP contribution in [0.2, 0.25) is 0 Å². The molecule has 0 fully saturated rings. The zero-order valence-corrected chi connectivity index (χ0v) is 9.39. The van der Waals surface area contributed by atoms with E-state index in [1.807, 2.05) is 29.2 Å². The zero-order chi connectivity index (χ0) is 11.2. The Labute approximate surface area is 95.6 Å². The number of hydrogen-bond acceptors (Lipinski definition) is 2. The molecule has 0 aliphatic heterocycles. The maximum Gasteiger partial charge on any atom is 0.0713 e. The van der Waals surface area contributed by atoms with Crippen LogP contribution in [0.1, 0.15) is 11.1 Å². The van der Waals surface area contributed by atoms with Crippen LogP contribution in [-0.2, 0) is 17.9 Å². The number of rotatable bonds is 5. The van der Waals surface area contributed by atoms with E-state index < -0.39 is 0 Å². The third-order valence-electron chi connectivity index (χ3n) is 2.40. The second kappa shape index (κ2) is 5.37. The average molecular weight is 216 g/mol. The number of ether oxygens (including phenoxy) is 1. The number of methoxy groups -OCH3 is 1. The summed E-state index contributed by atoms with van der Waals surface area (Å²) in [6.45, 7) is 1.49. The smallest absolute Gasteiger partial charge is 0.0713 e. The summed E-state index contributed by atoms with van der Waals surface area (Å²) in [6, 6.07) is 12.4. The van der Waals surface area contributed by atoms with E-state index in [0.717, 1.165) is 6.54 Å². The number of hydrogen-bond donors (Lipinski definition) is 1. The van der Waals surface area contributed by atoms with Crippen molar-refractivity contribution in [3.63, 3.8) is 0 Å². The number of nitrogens with zero attached hydrogens (tertiary/aromatic N) is 1. The van der Waals surface area contributed by atoms with Crippen molar-refractivity contribution in [1.29, 1.82) is 0 Å². The van der Waals surface area contributed by atoms with Crippen LogP contribution in [0.3, 0.4) is 0 Å². The lowest BCUT2D eigenvalue weighted by molar-refractivity contribution is 0.185. The van der Waals surface area contributed by atoms with E-state index in [0.29, 0.717) is 6.61 Å². The van der Waals surface area contributed by atoms with Crippen LogP contribution in [0.15, 0.2) is 48.8 Å². The first-order chi connectivity index (χ1) is 7.88. The molecule has 0 amide bonds. The molecule has 1 N–H and O–H groups in total. The van der Waals surface area contributed by atoms with E-state index in [1.165, 1.54) is 11.1 Å². The molecule has 2 rings (SSSR count). The van der Waals surface area contributed by atoms with Crippen molar-refractivity contribution in [1.82, 2.24) is 4.68 Å². The second-order valence-corrected chi connectivity index (χ2v) is 3.67. The fraction of sp³-hybridized carbons (Fsp3) is 0.231. The Kier molecular flexibility index (Phi) is 3.62. The third kappa shape index (κ3) is 2.87. The van der Waals surface area contributed by atoms with Gasteiger partial charge in [0.1, 0.15) is 0 Å². The molecule has 1 heterocycles. The van der Waals surface area contributed by atoms with Gasteiger partial charge in [0.05, 0.1) is 13.2 Å². The summed E-state index contributed by atoms with van der Waals surface area (Å²) in [7, 11) is 1.71. The Morgan fingerprint density at radius 3 is 2.31 bits per heavy atom. The Morgan fingerprint density at radius 2 is 1.69 bits per heavy atom. The first-order valence-corrected chi connectivity index (χ1v) is 5.32. The number of nitrogens with one attached hydrogen (secondary N) is 1. The van der Waals surface area contributed by atoms with Gasteiger partial charge >= 0.3 is 0 Å². The maximum atomic E-state index is 5.07. The summed E-state index contributed by atoms with van der Waals surface area (Å²) in [5.74, 6) is 0. The van der Waals surface area contributed by atoms with E-state index in [1.54, 1.807) is 7.11 Å². The molecule has 1 aromatic carbocycles. The highest BCUT2D eigenvalue weighted by molar-refractivity contribution is 5.22. The number of aromatic nitrogens is 1. The van der Waals surface area contributed by atoms with Crippen LogP contribution in [-0.4, -0.2) is 11.8 Å². The normalized spacial score (nSPS) is 10.3. The van der Waals surface area contributed by atoms with Crippen LogP contribution < -0.4 is 5.43 Å². The first-order valence-electron chi connectivity index (χ1n) is 5.32. The van der Waals surface area contributed by atoms with Gasteiger partial charge < -0.3 is 10.2 Å². The Bertz CT molecular complexity index is 406. The van der Waals surface area contributed by atoms with Gasteiger partial charge in [-0.1, -0.05) is 24.3 Å². The lowest BCUT2D eigenvalue weighted by atomic mass is 10.1. The topological polar surface area (TPSA) is 26.2 Å². The van der Waals surface area contributed by atoms with Crippen molar-refractivity contribution in [3.8, 4) is 0 Å². The standard InChI is InChI=1S/C13H16N2O/c1-16-11-13-6-4-12(5-7-13)10-14-15-8-2-3-9-15/h2-9,14H,10-11H2,1H3. The Morgan fingerprint density at radius 1 is 1.06 bits per heavy atom. The van der Waals surface area contributed by atoms with E-state index in [2.05, 4.69) is 29.7 Å². The van der Waals surface area contributed by atoms with Gasteiger partial charge in [-0.25, -0.2) is 0 Å². The summed E-state index contributed by atoms with van der Waals surface area (Å²) < 4.78 is 7.01. The summed E-state index contributed by atoms with van der Waals surface area (Å²) >= 11 is 0. The molecular formula is C13H16N2O. The predicted octanol–water partition coefficient (Wildman–Crippen LogP) is 2.38. The highest BCUT2D eigenvalue weighted by atomic mass is 16.5. The van der Waals surface area contributed by atoms with Crippen LogP contribution in [0.5, 0.6) is 0 Å². The molecule has 0 atom stereocenters. The zero-order valence-electron chi connectivity index (χ0n) is 9.39. The quantitative estimate of drug-likeness (QED) is 0.830. The molecule has 0 unspecified atom stereocenters. The molecule has 2 aromatic rings. The van der Waals surface area contributed by atoms with Crippen molar-refractivity contribution >= 4 is 0 Å². The number of benzene rings is 1. The van der Waals surface area contributed by atoms with Gasteiger partial charge in [-0.05, 0) is 23.3 Å². The van der Waals surface area contributed by atoms with Crippen LogP contribution in [0.25, 0.3) is 0 Å². The highest BCUT2D eigenvalue weighted by Crippen LogP contribution is 2.05. The lowest BCUT2D eigenvalue weighted by Crippen LogP contribution is -2.11. The molecule has 3 heteroatoms. The minimum atomic E-state index is 0.672. The van der Waals surface area contributed by atoms with Crippen LogP contribution in [0, 0.1) is 0 Å². The van der Waals surface area contributed by atoms with Gasteiger partial charge in [0.15, 0.2) is 0 Å². The maximum absolute atomic E-state index is 5.07. The molecule has 84 valence electrons. The average Bonchev–Trinajstić information content (AvgIpc) is 2.82. The van der Waals surface area contributed by atoms with Gasteiger partial charge in [0, 0.05) is 19.5 Å². The molecule has 1 aromatic heterocycles. The van der Waals surface area contributed by atoms with Crippen molar-refractivity contribution < 1.29 is 4.74 Å². The highest BCUT2D eigenvalue weighted by Gasteiger charge is 1.94. The second-order valence-electron chi connectivity index (χ2n) is 3.67. The van der Waals surface area contributed by atoms with Crippen molar-refractivity contribution in [2.24, 2.45) is 0 Å². The van der Waals surface area contributed by atoms with Gasteiger partial charge in [0.2, 0.25) is 0 Å². The van der Waals surface area contributed by atoms with Gasteiger partial charge in [-0.3, -0.25) is 4.68 Å². The molecule has 0 spiro atoms. The molecule has 0 aliphatic carbocycles. The summed E-state index contributed by atoms with van der Waals surface area (Å²) in [5, 5.41) is 0. The lowest BCUT2D eigenvalue weighted by Gasteiger charge is -2.08. The molecular weight excluding hydrogens is 200 g/mol. The fourth-order valence-corrected chi connectivity index (χ4v) is 1.54. The van der Waals surface area contributed by atoms with Gasteiger partial charge in [-0.15, -0.1) is 0 Å². The SMILES string of the molecule is COCc1ccc(CNn2cccc2)cc1. The summed E-state index contributed by atoms with van der Waals surface area (Å²) in [6.07, 6.45) is 3.97. The Balaban J connectivity index is 1.90. The molecule has 0 bridgehead atoms. The predicted molar refractivity (Wildman–Crippen MR) is 64.7 cm³/mol. The summed E-state index contributed by atoms with van der Waals surface area (Å²) in [4.78, 5) is 0. The fourth-order valence-electron chi connectivity index (χ4n) is 1.54. The van der Waals surface area contributed by atoms with E-state index in [4.69, 9.17) is 4.74 Å². The van der Waals surface area contributed by atoms with Crippen LogP contribution >= 0.6 is 0 Å². The molecule has 3 nitrogen and oxygen atoms in total. The Hall–Kier alpha value is -1.74. The minimum Gasteiger partial charge on any atom is -0.380 e. The van der Waals surface area contributed by atoms with E-state index >= 15 is 0 Å². The largest absolute Gasteiger partial charge is 0.380 e. The van der Waals surface area contributed by atoms with Crippen molar-refractivity contribution in [2.75, 3.05) is 12.5 Å². The minimum absolute atomic E-state index is 0.672. The molecule has 0 aliphatic rings. The van der Waals surface area contributed by atoms with E-state index in [-0.39, 0.29) is 0 Å². The first kappa shape index (κ1) is 10.8. The third-order valence-corrected chi connectivity index (χ3v) is 2.40.